The fraction of sp³-hybridized carbons (Fsp3) is 0.300. The predicted octanol–water partition coefficient (Wildman–Crippen LogP) is 3.20. The summed E-state index contributed by atoms with van der Waals surface area (Å²) in [6.07, 6.45) is 1.06. The maximum absolute atomic E-state index is 12.0. The Balaban J connectivity index is 1.44. The minimum absolute atomic E-state index is 0.167. The van der Waals surface area contributed by atoms with Gasteiger partial charge in [-0.15, -0.1) is 0 Å². The molecule has 0 aliphatic carbocycles. The van der Waals surface area contributed by atoms with Gasteiger partial charge in [0.15, 0.2) is 0 Å². The summed E-state index contributed by atoms with van der Waals surface area (Å²) < 4.78 is 0. The highest BCUT2D eigenvalue weighted by Crippen LogP contribution is 2.19. The van der Waals surface area contributed by atoms with E-state index in [-0.39, 0.29) is 6.03 Å². The van der Waals surface area contributed by atoms with Crippen LogP contribution in [0.4, 0.5) is 10.5 Å². The average molecular weight is 334 g/mol. The summed E-state index contributed by atoms with van der Waals surface area (Å²) >= 11 is 0. The molecule has 5 nitrogen and oxygen atoms in total. The first-order valence-electron chi connectivity index (χ1n) is 8.55. The molecular formula is C20H22N4O. The molecule has 0 spiro atoms. The van der Waals surface area contributed by atoms with Crippen molar-refractivity contribution in [3.8, 4) is 6.07 Å². The van der Waals surface area contributed by atoms with Crippen molar-refractivity contribution < 1.29 is 4.79 Å². The molecule has 0 bridgehead atoms. The van der Waals surface area contributed by atoms with Gasteiger partial charge in [0, 0.05) is 25.3 Å². The van der Waals surface area contributed by atoms with Crippen molar-refractivity contribution in [3.05, 3.63) is 65.7 Å². The van der Waals surface area contributed by atoms with E-state index in [9.17, 15) is 10.1 Å². The molecule has 2 amide bonds. The number of carbonyl (C=O) groups is 1. The molecule has 0 unspecified atom stereocenters. The number of likely N-dealkylation sites (tertiary alicyclic amines) is 1. The maximum Gasteiger partial charge on any atom is 0.319 e. The molecule has 0 radical (unpaired) electrons. The summed E-state index contributed by atoms with van der Waals surface area (Å²) in [4.78, 5) is 14.3. The summed E-state index contributed by atoms with van der Waals surface area (Å²) in [6, 6.07) is 19.3. The Morgan fingerprint density at radius 3 is 2.72 bits per heavy atom. The summed E-state index contributed by atoms with van der Waals surface area (Å²) in [7, 11) is 0. The summed E-state index contributed by atoms with van der Waals surface area (Å²) in [5, 5.41) is 15.0. The standard InChI is InChI=1S/C20H22N4O/c21-12-17-6-4-5-7-18(17)15-24-11-10-16(14-24)13-22-20(25)23-19-8-2-1-3-9-19/h1-9,16H,10-11,13-15H2,(H2,22,23,25)/t16-/m1/s1. The van der Waals surface area contributed by atoms with Gasteiger partial charge in [-0.05, 0) is 42.6 Å². The minimum atomic E-state index is -0.167. The molecule has 25 heavy (non-hydrogen) atoms. The van der Waals surface area contributed by atoms with Gasteiger partial charge < -0.3 is 10.6 Å². The summed E-state index contributed by atoms with van der Waals surface area (Å²) in [5.74, 6) is 0.441. The zero-order valence-electron chi connectivity index (χ0n) is 14.1. The van der Waals surface area contributed by atoms with Gasteiger partial charge in [-0.2, -0.15) is 5.26 Å². The lowest BCUT2D eigenvalue weighted by Crippen LogP contribution is -2.34. The number of urea groups is 1. The number of carbonyl (C=O) groups excluding carboxylic acids is 1. The number of nitrogens with one attached hydrogen (secondary N) is 2. The van der Waals surface area contributed by atoms with Crippen molar-refractivity contribution in [2.24, 2.45) is 5.92 Å². The number of amides is 2. The van der Waals surface area contributed by atoms with Gasteiger partial charge in [0.25, 0.3) is 0 Å². The van der Waals surface area contributed by atoms with Gasteiger partial charge in [-0.1, -0.05) is 36.4 Å². The largest absolute Gasteiger partial charge is 0.338 e. The number of para-hydroxylation sites is 1. The molecule has 2 N–H and O–H groups in total. The first-order chi connectivity index (χ1) is 12.2. The van der Waals surface area contributed by atoms with Crippen LogP contribution in [0.5, 0.6) is 0 Å². The van der Waals surface area contributed by atoms with Crippen LogP contribution in [0, 0.1) is 17.2 Å². The molecule has 0 aromatic heterocycles. The highest BCUT2D eigenvalue weighted by atomic mass is 16.2. The lowest BCUT2D eigenvalue weighted by molar-refractivity contribution is 0.249. The van der Waals surface area contributed by atoms with Crippen molar-refractivity contribution in [2.75, 3.05) is 25.0 Å². The summed E-state index contributed by atoms with van der Waals surface area (Å²) in [5.41, 5.74) is 2.60. The van der Waals surface area contributed by atoms with Crippen LogP contribution in [0.2, 0.25) is 0 Å². The molecular weight excluding hydrogens is 312 g/mol. The Bertz CT molecular complexity index is 754. The SMILES string of the molecule is N#Cc1ccccc1CN1CC[C@H](CNC(=O)Nc2ccccc2)C1. The third-order valence-corrected chi connectivity index (χ3v) is 4.48. The molecule has 5 heteroatoms. The Kier molecular flexibility index (Phi) is 5.65. The molecule has 1 aliphatic heterocycles. The number of anilines is 1. The zero-order chi connectivity index (χ0) is 17.5. The molecule has 3 rings (SSSR count). The molecule has 1 heterocycles. The first kappa shape index (κ1) is 17.0. The van der Waals surface area contributed by atoms with Crippen molar-refractivity contribution in [1.29, 1.82) is 5.26 Å². The lowest BCUT2D eigenvalue weighted by Gasteiger charge is -2.17. The number of nitrogens with zero attached hydrogens (tertiary/aromatic N) is 2. The Labute approximate surface area is 148 Å². The smallest absolute Gasteiger partial charge is 0.319 e. The van der Waals surface area contributed by atoms with E-state index < -0.39 is 0 Å². The molecule has 2 aromatic rings. The molecule has 1 fully saturated rings. The van der Waals surface area contributed by atoms with Crippen molar-refractivity contribution >= 4 is 11.7 Å². The number of benzene rings is 2. The van der Waals surface area contributed by atoms with Crippen molar-refractivity contribution in [3.63, 3.8) is 0 Å². The third kappa shape index (κ3) is 4.82. The van der Waals surface area contributed by atoms with Gasteiger partial charge in [0.2, 0.25) is 0 Å². The van der Waals surface area contributed by atoms with E-state index in [4.69, 9.17) is 0 Å². The topological polar surface area (TPSA) is 68.2 Å². The van der Waals surface area contributed by atoms with E-state index in [1.165, 1.54) is 0 Å². The van der Waals surface area contributed by atoms with Crippen molar-refractivity contribution in [2.45, 2.75) is 13.0 Å². The highest BCUT2D eigenvalue weighted by molar-refractivity contribution is 5.89. The molecule has 2 aromatic carbocycles. The Hall–Kier alpha value is -2.84. The quantitative estimate of drug-likeness (QED) is 0.882. The van der Waals surface area contributed by atoms with Gasteiger partial charge in [0.1, 0.15) is 0 Å². The fourth-order valence-corrected chi connectivity index (χ4v) is 3.17. The molecule has 1 atom stereocenters. The molecule has 1 aliphatic rings. The number of rotatable bonds is 5. The second-order valence-electron chi connectivity index (χ2n) is 6.36. The Morgan fingerprint density at radius 2 is 1.92 bits per heavy atom. The van der Waals surface area contributed by atoms with Crippen LogP contribution in [-0.4, -0.2) is 30.6 Å². The van der Waals surface area contributed by atoms with Crippen LogP contribution in [0.25, 0.3) is 0 Å². The van der Waals surface area contributed by atoms with E-state index >= 15 is 0 Å². The van der Waals surface area contributed by atoms with Crippen LogP contribution < -0.4 is 10.6 Å². The number of hydrogen-bond acceptors (Lipinski definition) is 3. The second kappa shape index (κ2) is 8.32. The molecule has 1 saturated heterocycles. The second-order valence-corrected chi connectivity index (χ2v) is 6.36. The van der Waals surface area contributed by atoms with E-state index in [2.05, 4.69) is 21.6 Å². The minimum Gasteiger partial charge on any atom is -0.338 e. The van der Waals surface area contributed by atoms with E-state index in [0.717, 1.165) is 42.9 Å². The number of hydrogen-bond donors (Lipinski definition) is 2. The van der Waals surface area contributed by atoms with Crippen molar-refractivity contribution in [1.82, 2.24) is 10.2 Å². The molecule has 128 valence electrons. The van der Waals surface area contributed by atoms with Crippen LogP contribution >= 0.6 is 0 Å². The fourth-order valence-electron chi connectivity index (χ4n) is 3.17. The predicted molar refractivity (Wildman–Crippen MR) is 98.0 cm³/mol. The van der Waals surface area contributed by atoms with Crippen LogP contribution in [0.1, 0.15) is 17.5 Å². The highest BCUT2D eigenvalue weighted by Gasteiger charge is 2.23. The lowest BCUT2D eigenvalue weighted by atomic mass is 10.1. The van der Waals surface area contributed by atoms with E-state index in [1.807, 2.05) is 54.6 Å². The molecule has 0 saturated carbocycles. The maximum atomic E-state index is 12.0. The first-order valence-corrected chi connectivity index (χ1v) is 8.55. The number of nitriles is 1. The van der Waals surface area contributed by atoms with Gasteiger partial charge in [-0.3, -0.25) is 4.90 Å². The normalized spacial score (nSPS) is 17.0. The van der Waals surface area contributed by atoms with Crippen LogP contribution in [-0.2, 0) is 6.54 Å². The monoisotopic (exact) mass is 334 g/mol. The Morgan fingerprint density at radius 1 is 1.16 bits per heavy atom. The average Bonchev–Trinajstić information content (AvgIpc) is 3.09. The third-order valence-electron chi connectivity index (χ3n) is 4.48. The van der Waals surface area contributed by atoms with Crippen LogP contribution in [0.3, 0.4) is 0 Å². The summed E-state index contributed by atoms with van der Waals surface area (Å²) in [6.45, 7) is 3.38. The van der Waals surface area contributed by atoms with E-state index in [1.54, 1.807) is 0 Å². The van der Waals surface area contributed by atoms with Gasteiger partial charge in [0.05, 0.1) is 11.6 Å². The van der Waals surface area contributed by atoms with E-state index in [0.29, 0.717) is 12.5 Å². The van der Waals surface area contributed by atoms with Gasteiger partial charge in [-0.25, -0.2) is 4.79 Å². The van der Waals surface area contributed by atoms with Crippen LogP contribution in [0.15, 0.2) is 54.6 Å². The zero-order valence-corrected chi connectivity index (χ0v) is 14.1. The van der Waals surface area contributed by atoms with Gasteiger partial charge >= 0.3 is 6.03 Å².